The normalized spacial score (nSPS) is 17.8. The maximum atomic E-state index is 14.8. The Labute approximate surface area is 221 Å². The summed E-state index contributed by atoms with van der Waals surface area (Å²) in [5.41, 5.74) is 2.16. The molecule has 0 amide bonds. The van der Waals surface area contributed by atoms with Crippen LogP contribution in [-0.4, -0.2) is 10.9 Å². The molecule has 1 nitrogen and oxygen atoms in total. The number of hydrogen-bond donors (Lipinski definition) is 2. The molecule has 1 atom stereocenters. The zero-order valence-electron chi connectivity index (χ0n) is 23.5. The van der Waals surface area contributed by atoms with Crippen LogP contribution in [-0.2, 0) is 12.0 Å². The van der Waals surface area contributed by atoms with Crippen LogP contribution in [0.4, 0.5) is 4.39 Å². The molecule has 1 unspecified atom stereocenters. The minimum Gasteiger partial charge on any atom is -0.384 e. The van der Waals surface area contributed by atoms with E-state index < -0.39 is 11.0 Å². The fraction of sp³-hybridized carbons (Fsp3) is 0.625. The van der Waals surface area contributed by atoms with Crippen LogP contribution in [0.15, 0.2) is 42.5 Å². The highest BCUT2D eigenvalue weighted by Crippen LogP contribution is 2.58. The van der Waals surface area contributed by atoms with Crippen molar-refractivity contribution in [1.29, 1.82) is 0 Å². The first-order valence-electron chi connectivity index (χ1n) is 13.9. The molecule has 1 aliphatic rings. The molecule has 198 valence electrons. The summed E-state index contributed by atoms with van der Waals surface area (Å²) in [5, 5.41) is 12.2. The van der Waals surface area contributed by atoms with Gasteiger partial charge in [-0.3, -0.25) is 0 Å². The van der Waals surface area contributed by atoms with Gasteiger partial charge in [-0.1, -0.05) is 117 Å². The SMILES string of the molecule is CCCC.CCCC(CCC)C1(O)c2c(-c3ccccc3)ccc(F)c2CC1(C)C.CCCCS. The number of fused-ring (bicyclic) bond motifs is 1. The second-order valence-electron chi connectivity index (χ2n) is 10.5. The number of rotatable bonds is 9. The molecule has 0 heterocycles. The molecule has 3 heteroatoms. The molecule has 0 spiro atoms. The van der Waals surface area contributed by atoms with Gasteiger partial charge >= 0.3 is 0 Å². The van der Waals surface area contributed by atoms with E-state index in [9.17, 15) is 9.50 Å². The summed E-state index contributed by atoms with van der Waals surface area (Å²) in [5.74, 6) is 0.990. The Kier molecular flexibility index (Phi) is 14.2. The van der Waals surface area contributed by atoms with Gasteiger partial charge in [-0.2, -0.15) is 12.6 Å². The van der Waals surface area contributed by atoms with Gasteiger partial charge in [0.1, 0.15) is 5.82 Å². The van der Waals surface area contributed by atoms with E-state index in [1.54, 1.807) is 6.07 Å². The van der Waals surface area contributed by atoms with E-state index >= 15 is 0 Å². The van der Waals surface area contributed by atoms with E-state index in [4.69, 9.17) is 0 Å². The number of halogens is 1. The zero-order valence-corrected chi connectivity index (χ0v) is 24.4. The fourth-order valence-electron chi connectivity index (χ4n) is 5.18. The predicted octanol–water partition coefficient (Wildman–Crippen LogP) is 10.0. The van der Waals surface area contributed by atoms with Gasteiger partial charge in [0.25, 0.3) is 0 Å². The minimum atomic E-state index is -1.01. The minimum absolute atomic E-state index is 0.137. The van der Waals surface area contributed by atoms with Crippen molar-refractivity contribution in [3.05, 3.63) is 59.4 Å². The molecule has 0 saturated heterocycles. The fourth-order valence-corrected chi connectivity index (χ4v) is 5.49. The molecule has 0 fully saturated rings. The Morgan fingerprint density at radius 2 is 1.43 bits per heavy atom. The number of benzene rings is 2. The second kappa shape index (κ2) is 15.7. The summed E-state index contributed by atoms with van der Waals surface area (Å²) in [4.78, 5) is 0. The first-order valence-corrected chi connectivity index (χ1v) is 14.5. The van der Waals surface area contributed by atoms with Crippen molar-refractivity contribution >= 4 is 12.6 Å². The van der Waals surface area contributed by atoms with Gasteiger partial charge in [0, 0.05) is 5.41 Å². The Morgan fingerprint density at radius 1 is 0.857 bits per heavy atom. The van der Waals surface area contributed by atoms with Crippen LogP contribution in [0.5, 0.6) is 0 Å². The first-order chi connectivity index (χ1) is 16.7. The van der Waals surface area contributed by atoms with Crippen LogP contribution in [0.3, 0.4) is 0 Å². The molecule has 0 radical (unpaired) electrons. The summed E-state index contributed by atoms with van der Waals surface area (Å²) in [6, 6.07) is 13.5. The maximum Gasteiger partial charge on any atom is 0.126 e. The number of hydrogen-bond acceptors (Lipinski definition) is 2. The molecule has 2 aromatic carbocycles. The molecule has 3 rings (SSSR count). The quantitative estimate of drug-likeness (QED) is 0.327. The predicted molar refractivity (Wildman–Crippen MR) is 156 cm³/mol. The molecule has 0 aromatic heterocycles. The molecule has 35 heavy (non-hydrogen) atoms. The zero-order chi connectivity index (χ0) is 26.5. The molecular weight excluding hydrogens is 451 g/mol. The number of unbranched alkanes of at least 4 members (excludes halogenated alkanes) is 2. The van der Waals surface area contributed by atoms with Crippen LogP contribution in [0.1, 0.15) is 111 Å². The van der Waals surface area contributed by atoms with E-state index in [0.29, 0.717) is 12.0 Å². The van der Waals surface area contributed by atoms with Crippen molar-refractivity contribution in [2.45, 2.75) is 112 Å². The monoisotopic (exact) mass is 502 g/mol. The lowest BCUT2D eigenvalue weighted by molar-refractivity contribution is -0.112. The van der Waals surface area contributed by atoms with Gasteiger partial charge in [-0.15, -0.1) is 0 Å². The third-order valence-electron chi connectivity index (χ3n) is 7.25. The van der Waals surface area contributed by atoms with Crippen molar-refractivity contribution in [2.75, 3.05) is 5.75 Å². The summed E-state index contributed by atoms with van der Waals surface area (Å²) in [6.45, 7) is 15.0. The van der Waals surface area contributed by atoms with Crippen LogP contribution in [0.25, 0.3) is 11.1 Å². The summed E-state index contributed by atoms with van der Waals surface area (Å²) >= 11 is 4.00. The van der Waals surface area contributed by atoms with Crippen molar-refractivity contribution in [3.8, 4) is 11.1 Å². The summed E-state index contributed by atoms with van der Waals surface area (Å²) in [6.07, 6.45) is 9.69. The molecule has 0 saturated carbocycles. The van der Waals surface area contributed by atoms with Gasteiger partial charge in [-0.05, 0) is 65.7 Å². The van der Waals surface area contributed by atoms with Gasteiger partial charge in [0.05, 0.1) is 5.60 Å². The number of aliphatic hydroxyl groups is 1. The molecule has 0 aliphatic heterocycles. The van der Waals surface area contributed by atoms with Crippen LogP contribution in [0.2, 0.25) is 0 Å². The molecule has 1 N–H and O–H groups in total. The standard InChI is InChI=1S/C24H31FO.C4H10S.C4H10/c1-5-10-18(11-6-2)24(26)22-19(17-12-8-7-9-13-17)14-15-21(25)20(22)16-23(24,3)4;1-2-3-4-5;1-3-4-2/h7-9,12-15,18,26H,5-6,10-11,16H2,1-4H3;5H,2-4H2,1H3;3-4H2,1-2H3. The average molecular weight is 503 g/mol. The van der Waals surface area contributed by atoms with Gasteiger partial charge in [-0.25, -0.2) is 4.39 Å². The van der Waals surface area contributed by atoms with Crippen molar-refractivity contribution in [2.24, 2.45) is 11.3 Å². The van der Waals surface area contributed by atoms with Crippen molar-refractivity contribution < 1.29 is 9.50 Å². The molecule has 2 aromatic rings. The highest BCUT2D eigenvalue weighted by Gasteiger charge is 2.56. The second-order valence-corrected chi connectivity index (χ2v) is 10.9. The lowest BCUT2D eigenvalue weighted by atomic mass is 9.64. The largest absolute Gasteiger partial charge is 0.384 e. The van der Waals surface area contributed by atoms with E-state index in [2.05, 4.69) is 61.1 Å². The number of thiol groups is 1. The van der Waals surface area contributed by atoms with Crippen molar-refractivity contribution in [3.63, 3.8) is 0 Å². The van der Waals surface area contributed by atoms with Crippen molar-refractivity contribution in [1.82, 2.24) is 0 Å². The lowest BCUT2D eigenvalue weighted by Gasteiger charge is -2.44. The third-order valence-corrected chi connectivity index (χ3v) is 7.57. The maximum absolute atomic E-state index is 14.8. The van der Waals surface area contributed by atoms with Gasteiger partial charge < -0.3 is 5.11 Å². The van der Waals surface area contributed by atoms with E-state index in [1.807, 2.05) is 36.4 Å². The van der Waals surface area contributed by atoms with E-state index in [-0.39, 0.29) is 11.7 Å². The molecular formula is C32H51FOS. The Hall–Kier alpha value is -1.32. The lowest BCUT2D eigenvalue weighted by Crippen LogP contribution is -2.45. The first kappa shape index (κ1) is 31.7. The van der Waals surface area contributed by atoms with Gasteiger partial charge in [0.2, 0.25) is 0 Å². The smallest absolute Gasteiger partial charge is 0.126 e. The Morgan fingerprint density at radius 3 is 1.86 bits per heavy atom. The van der Waals surface area contributed by atoms with Crippen LogP contribution < -0.4 is 0 Å². The summed E-state index contributed by atoms with van der Waals surface area (Å²) in [7, 11) is 0. The van der Waals surface area contributed by atoms with E-state index in [0.717, 1.165) is 48.1 Å². The topological polar surface area (TPSA) is 20.2 Å². The highest BCUT2D eigenvalue weighted by atomic mass is 32.1. The Bertz CT molecular complexity index is 838. The Balaban J connectivity index is 0.000000585. The van der Waals surface area contributed by atoms with Crippen LogP contribution in [0, 0.1) is 17.2 Å². The van der Waals surface area contributed by atoms with Gasteiger partial charge in [0.15, 0.2) is 0 Å². The summed E-state index contributed by atoms with van der Waals surface area (Å²) < 4.78 is 14.8. The molecule has 0 bridgehead atoms. The highest BCUT2D eigenvalue weighted by molar-refractivity contribution is 7.80. The van der Waals surface area contributed by atoms with Crippen LogP contribution >= 0.6 is 12.6 Å². The third kappa shape index (κ3) is 7.83. The average Bonchev–Trinajstić information content (AvgIpc) is 3.08. The molecule has 1 aliphatic carbocycles. The van der Waals surface area contributed by atoms with E-state index in [1.165, 1.54) is 25.7 Å².